The summed E-state index contributed by atoms with van der Waals surface area (Å²) in [5, 5.41) is 6.22. The minimum absolute atomic E-state index is 0.243. The average molecular weight is 470 g/mol. The van der Waals surface area contributed by atoms with Crippen LogP contribution in [0.4, 0.5) is 16.2 Å². The van der Waals surface area contributed by atoms with Crippen molar-refractivity contribution in [3.05, 3.63) is 53.0 Å². The van der Waals surface area contributed by atoms with E-state index in [1.54, 1.807) is 51.5 Å². The lowest BCUT2D eigenvalue weighted by Crippen LogP contribution is -2.17. The number of aromatic nitrogens is 1. The Hall–Kier alpha value is -3.59. The molecule has 1 aromatic heterocycles. The summed E-state index contributed by atoms with van der Waals surface area (Å²) < 4.78 is 15.8. The van der Waals surface area contributed by atoms with E-state index in [-0.39, 0.29) is 11.8 Å². The molecule has 0 aliphatic carbocycles. The number of thiazole rings is 1. The molecule has 9 heteroatoms. The molecule has 33 heavy (non-hydrogen) atoms. The Morgan fingerprint density at radius 3 is 2.36 bits per heavy atom. The van der Waals surface area contributed by atoms with Gasteiger partial charge >= 0.3 is 6.09 Å². The highest BCUT2D eigenvalue weighted by molar-refractivity contribution is 7.17. The Balaban J connectivity index is 1.73. The Kier molecular flexibility index (Phi) is 7.89. The number of carbonyl (C=O) groups excluding carboxylic acids is 2. The van der Waals surface area contributed by atoms with Crippen molar-refractivity contribution in [2.24, 2.45) is 5.92 Å². The molecule has 0 unspecified atom stereocenters. The van der Waals surface area contributed by atoms with E-state index in [4.69, 9.17) is 14.2 Å². The fourth-order valence-corrected chi connectivity index (χ4v) is 3.92. The van der Waals surface area contributed by atoms with E-state index in [1.165, 1.54) is 11.3 Å². The maximum absolute atomic E-state index is 12.9. The number of nitrogens with one attached hydrogen (secondary N) is 2. The van der Waals surface area contributed by atoms with Crippen molar-refractivity contribution < 1.29 is 23.8 Å². The molecule has 0 atom stereocenters. The molecule has 0 aliphatic heterocycles. The van der Waals surface area contributed by atoms with E-state index >= 15 is 0 Å². The number of ether oxygens (including phenoxy) is 3. The molecule has 0 radical (unpaired) electrons. The Morgan fingerprint density at radius 1 is 1.00 bits per heavy atom. The van der Waals surface area contributed by atoms with Crippen LogP contribution in [0.5, 0.6) is 11.5 Å². The zero-order valence-corrected chi connectivity index (χ0v) is 20.0. The quantitative estimate of drug-likeness (QED) is 0.446. The lowest BCUT2D eigenvalue weighted by atomic mass is 10.2. The number of methoxy groups -OCH3 is 2. The molecule has 0 saturated carbocycles. The number of hydrogen-bond acceptors (Lipinski definition) is 7. The third-order valence-corrected chi connectivity index (χ3v) is 5.75. The molecular formula is C24H27N3O5S. The van der Waals surface area contributed by atoms with Gasteiger partial charge in [0.15, 0.2) is 11.5 Å². The number of rotatable bonds is 8. The van der Waals surface area contributed by atoms with Gasteiger partial charge in [0.05, 0.1) is 26.5 Å². The first-order valence-electron chi connectivity index (χ1n) is 10.4. The topological polar surface area (TPSA) is 98.8 Å². The molecular weight excluding hydrogens is 442 g/mol. The monoisotopic (exact) mass is 469 g/mol. The zero-order valence-electron chi connectivity index (χ0n) is 19.2. The van der Waals surface area contributed by atoms with Crippen LogP contribution in [0.25, 0.3) is 10.6 Å². The predicted molar refractivity (Wildman–Crippen MR) is 130 cm³/mol. The Bertz CT molecular complexity index is 1140. The minimum Gasteiger partial charge on any atom is -0.493 e. The van der Waals surface area contributed by atoms with Gasteiger partial charge in [0.25, 0.3) is 5.91 Å². The van der Waals surface area contributed by atoms with Crippen molar-refractivity contribution >= 4 is 34.7 Å². The average Bonchev–Trinajstić information content (AvgIpc) is 3.19. The van der Waals surface area contributed by atoms with Crippen molar-refractivity contribution in [1.29, 1.82) is 0 Å². The Morgan fingerprint density at radius 2 is 1.70 bits per heavy atom. The maximum Gasteiger partial charge on any atom is 0.411 e. The molecule has 0 saturated heterocycles. The van der Waals surface area contributed by atoms with Gasteiger partial charge in [-0.2, -0.15) is 0 Å². The normalized spacial score (nSPS) is 10.6. The van der Waals surface area contributed by atoms with Gasteiger partial charge in [-0.3, -0.25) is 10.1 Å². The van der Waals surface area contributed by atoms with Gasteiger partial charge in [-0.25, -0.2) is 9.78 Å². The van der Waals surface area contributed by atoms with Crippen LogP contribution in [-0.2, 0) is 4.74 Å². The summed E-state index contributed by atoms with van der Waals surface area (Å²) in [4.78, 5) is 29.9. The smallest absolute Gasteiger partial charge is 0.411 e. The molecule has 0 fully saturated rings. The van der Waals surface area contributed by atoms with Crippen LogP contribution in [0.3, 0.4) is 0 Å². The molecule has 2 amide bonds. The summed E-state index contributed by atoms with van der Waals surface area (Å²) >= 11 is 1.29. The van der Waals surface area contributed by atoms with Gasteiger partial charge in [0, 0.05) is 16.9 Å². The number of carbonyl (C=O) groups is 2. The number of nitrogens with zero attached hydrogens (tertiary/aromatic N) is 1. The number of hydrogen-bond donors (Lipinski definition) is 2. The molecule has 0 spiro atoms. The molecule has 1 heterocycles. The van der Waals surface area contributed by atoms with Crippen molar-refractivity contribution in [3.63, 3.8) is 0 Å². The van der Waals surface area contributed by atoms with Crippen molar-refractivity contribution in [2.75, 3.05) is 31.5 Å². The number of benzene rings is 2. The lowest BCUT2D eigenvalue weighted by Gasteiger charge is -2.10. The molecule has 8 nitrogen and oxygen atoms in total. The highest BCUT2D eigenvalue weighted by Gasteiger charge is 2.18. The van der Waals surface area contributed by atoms with Crippen molar-refractivity contribution in [1.82, 2.24) is 4.98 Å². The van der Waals surface area contributed by atoms with Crippen molar-refractivity contribution in [2.45, 2.75) is 20.8 Å². The van der Waals surface area contributed by atoms with Crippen LogP contribution in [0, 0.1) is 12.8 Å². The maximum atomic E-state index is 12.9. The summed E-state index contributed by atoms with van der Waals surface area (Å²) in [5.41, 5.74) is 2.51. The van der Waals surface area contributed by atoms with Crippen molar-refractivity contribution in [3.8, 4) is 22.1 Å². The van der Waals surface area contributed by atoms with Gasteiger partial charge in [-0.15, -0.1) is 11.3 Å². The lowest BCUT2D eigenvalue weighted by molar-refractivity contribution is 0.102. The van der Waals surface area contributed by atoms with Crippen LogP contribution in [0.1, 0.15) is 29.2 Å². The first-order chi connectivity index (χ1) is 15.8. The SMILES string of the molecule is COc1ccc(-c2nc(C)c(C(=O)Nc3cccc(NC(=O)OCC(C)C)c3)s2)cc1OC. The Labute approximate surface area is 196 Å². The molecule has 0 bridgehead atoms. The van der Waals surface area contributed by atoms with Crippen LogP contribution in [-0.4, -0.2) is 37.8 Å². The van der Waals surface area contributed by atoms with E-state index in [0.717, 1.165) is 5.56 Å². The third-order valence-electron chi connectivity index (χ3n) is 4.55. The highest BCUT2D eigenvalue weighted by atomic mass is 32.1. The fraction of sp³-hybridized carbons (Fsp3) is 0.292. The van der Waals surface area contributed by atoms with Crippen LogP contribution < -0.4 is 20.1 Å². The molecule has 3 rings (SSSR count). The van der Waals surface area contributed by atoms with Crippen LogP contribution in [0.15, 0.2) is 42.5 Å². The second-order valence-corrected chi connectivity index (χ2v) is 8.65. The number of amides is 2. The second kappa shape index (κ2) is 10.8. The molecule has 0 aliphatic rings. The summed E-state index contributed by atoms with van der Waals surface area (Å²) in [5.74, 6) is 1.17. The van der Waals surface area contributed by atoms with Gasteiger partial charge in [0.1, 0.15) is 9.88 Å². The highest BCUT2D eigenvalue weighted by Crippen LogP contribution is 2.35. The second-order valence-electron chi connectivity index (χ2n) is 7.66. The van der Waals surface area contributed by atoms with Crippen LogP contribution in [0.2, 0.25) is 0 Å². The first kappa shape index (κ1) is 24.1. The molecule has 2 aromatic carbocycles. The molecule has 174 valence electrons. The predicted octanol–water partition coefficient (Wildman–Crippen LogP) is 5.59. The van der Waals surface area contributed by atoms with Gasteiger partial charge < -0.3 is 19.5 Å². The minimum atomic E-state index is -0.537. The largest absolute Gasteiger partial charge is 0.493 e. The van der Waals surface area contributed by atoms with E-state index in [2.05, 4.69) is 15.6 Å². The summed E-state index contributed by atoms with van der Waals surface area (Å²) in [6.45, 7) is 6.04. The van der Waals surface area contributed by atoms with E-state index in [0.29, 0.717) is 45.1 Å². The van der Waals surface area contributed by atoms with E-state index in [9.17, 15) is 9.59 Å². The van der Waals surface area contributed by atoms with Crippen LogP contribution >= 0.6 is 11.3 Å². The number of anilines is 2. The first-order valence-corrected chi connectivity index (χ1v) is 11.2. The summed E-state index contributed by atoms with van der Waals surface area (Å²) in [6, 6.07) is 12.4. The molecule has 3 aromatic rings. The molecule has 2 N–H and O–H groups in total. The van der Waals surface area contributed by atoms with Gasteiger partial charge in [-0.05, 0) is 49.2 Å². The van der Waals surface area contributed by atoms with Gasteiger partial charge in [-0.1, -0.05) is 19.9 Å². The summed E-state index contributed by atoms with van der Waals surface area (Å²) in [7, 11) is 3.15. The zero-order chi connectivity index (χ0) is 24.0. The standard InChI is InChI=1S/C24H27N3O5S/c1-14(2)13-32-24(29)27-18-8-6-7-17(12-18)26-22(28)21-15(3)25-23(33-21)16-9-10-19(30-4)20(11-16)31-5/h6-12,14H,13H2,1-5H3,(H,26,28)(H,27,29). The summed E-state index contributed by atoms with van der Waals surface area (Å²) in [6.07, 6.45) is -0.537. The van der Waals surface area contributed by atoms with E-state index in [1.807, 2.05) is 26.0 Å². The number of aryl methyl sites for hydroxylation is 1. The van der Waals surface area contributed by atoms with E-state index < -0.39 is 6.09 Å². The third kappa shape index (κ3) is 6.23. The fourth-order valence-electron chi connectivity index (χ4n) is 2.96. The van der Waals surface area contributed by atoms with Gasteiger partial charge in [0.2, 0.25) is 0 Å².